The van der Waals surface area contributed by atoms with Gasteiger partial charge in [0.2, 0.25) is 0 Å². The molecule has 0 heterocycles. The second-order valence-corrected chi connectivity index (χ2v) is 4.96. The van der Waals surface area contributed by atoms with Crippen molar-refractivity contribution in [2.24, 2.45) is 0 Å². The number of nitrogen functional groups attached to an aromatic ring is 1. The van der Waals surface area contributed by atoms with E-state index in [0.717, 1.165) is 0 Å². The molecule has 3 N–H and O–H groups in total. The van der Waals surface area contributed by atoms with Crippen molar-refractivity contribution in [1.82, 2.24) is 0 Å². The zero-order valence-electron chi connectivity index (χ0n) is 10.9. The highest BCUT2D eigenvalue weighted by Gasteiger charge is 2.18. The van der Waals surface area contributed by atoms with Crippen LogP contribution in [0, 0.1) is 5.82 Å². The smallest absolute Gasteiger partial charge is 0.340 e. The molecule has 0 fully saturated rings. The molecule has 110 valence electrons. The van der Waals surface area contributed by atoms with E-state index >= 15 is 0 Å². The summed E-state index contributed by atoms with van der Waals surface area (Å²) in [4.78, 5) is 11.8. The van der Waals surface area contributed by atoms with E-state index in [4.69, 9.17) is 28.9 Å². The lowest BCUT2D eigenvalue weighted by Crippen LogP contribution is -2.08. The molecule has 0 aliphatic heterocycles. The molecule has 7 heteroatoms. The quantitative estimate of drug-likeness (QED) is 0.653. The summed E-state index contributed by atoms with van der Waals surface area (Å²) in [6, 6.07) is 7.28. The van der Waals surface area contributed by atoms with E-state index in [1.165, 1.54) is 31.4 Å². The zero-order chi connectivity index (χ0) is 15.6. The number of methoxy groups -OCH3 is 1. The van der Waals surface area contributed by atoms with Gasteiger partial charge in [-0.25, -0.2) is 9.18 Å². The van der Waals surface area contributed by atoms with Gasteiger partial charge in [-0.1, -0.05) is 29.3 Å². The molecule has 4 nitrogen and oxygen atoms in total. The van der Waals surface area contributed by atoms with Crippen LogP contribution in [-0.2, 0) is 4.74 Å². The molecule has 0 spiro atoms. The number of carbonyl (C=O) groups is 1. The molecule has 0 amide bonds. The third-order valence-corrected chi connectivity index (χ3v) is 3.32. The number of halogens is 3. The van der Waals surface area contributed by atoms with Crippen molar-refractivity contribution >= 4 is 46.2 Å². The van der Waals surface area contributed by atoms with E-state index in [0.29, 0.717) is 0 Å². The van der Waals surface area contributed by atoms with Gasteiger partial charge in [-0.2, -0.15) is 0 Å². The predicted octanol–water partition coefficient (Wildman–Crippen LogP) is 4.24. The van der Waals surface area contributed by atoms with Gasteiger partial charge in [0, 0.05) is 5.69 Å². The van der Waals surface area contributed by atoms with Crippen LogP contribution in [0.1, 0.15) is 10.4 Å². The van der Waals surface area contributed by atoms with Crippen molar-refractivity contribution in [2.75, 3.05) is 18.2 Å². The maximum absolute atomic E-state index is 13.9. The van der Waals surface area contributed by atoms with Crippen LogP contribution in [0.15, 0.2) is 30.3 Å². The molecule has 2 aromatic carbocycles. The average molecular weight is 329 g/mol. The lowest BCUT2D eigenvalue weighted by molar-refractivity contribution is 0.0602. The van der Waals surface area contributed by atoms with Gasteiger partial charge in [0.25, 0.3) is 0 Å². The first-order chi connectivity index (χ1) is 9.93. The third kappa shape index (κ3) is 3.20. The highest BCUT2D eigenvalue weighted by molar-refractivity contribution is 6.34. The molecule has 0 radical (unpaired) electrons. The number of hydrogen-bond donors (Lipinski definition) is 2. The molecule has 0 saturated carbocycles. The maximum Gasteiger partial charge on any atom is 0.340 e. The number of rotatable bonds is 3. The molecular formula is C14H11Cl2FN2O2. The standard InChI is InChI=1S/C14H11Cl2FN2O2/c1-21-14(20)8-5-7(18)6-10(16)13(8)19-11-4-2-3-9(15)12(11)17/h2-6,19H,18H2,1H3. The lowest BCUT2D eigenvalue weighted by atomic mass is 10.1. The number of ether oxygens (including phenoxy) is 1. The fourth-order valence-electron chi connectivity index (χ4n) is 1.76. The van der Waals surface area contributed by atoms with Crippen molar-refractivity contribution in [3.63, 3.8) is 0 Å². The first-order valence-corrected chi connectivity index (χ1v) is 6.58. The van der Waals surface area contributed by atoms with Crippen LogP contribution in [0.3, 0.4) is 0 Å². The minimum absolute atomic E-state index is 0.0498. The van der Waals surface area contributed by atoms with Crippen molar-refractivity contribution in [2.45, 2.75) is 0 Å². The van der Waals surface area contributed by atoms with Gasteiger partial charge >= 0.3 is 5.97 Å². The van der Waals surface area contributed by atoms with E-state index in [9.17, 15) is 9.18 Å². The molecular weight excluding hydrogens is 318 g/mol. The Balaban J connectivity index is 2.53. The van der Waals surface area contributed by atoms with Crippen LogP contribution >= 0.6 is 23.2 Å². The van der Waals surface area contributed by atoms with Crippen molar-refractivity contribution in [3.8, 4) is 0 Å². The van der Waals surface area contributed by atoms with Crippen LogP contribution in [-0.4, -0.2) is 13.1 Å². The molecule has 0 unspecified atom stereocenters. The average Bonchev–Trinajstić information content (AvgIpc) is 2.45. The predicted molar refractivity (Wildman–Crippen MR) is 81.9 cm³/mol. The van der Waals surface area contributed by atoms with Gasteiger partial charge in [0.05, 0.1) is 34.1 Å². The van der Waals surface area contributed by atoms with Crippen LogP contribution in [0.25, 0.3) is 0 Å². The number of hydrogen-bond acceptors (Lipinski definition) is 4. The minimum Gasteiger partial charge on any atom is -0.465 e. The second kappa shape index (κ2) is 6.20. The molecule has 2 aromatic rings. The molecule has 0 aliphatic rings. The van der Waals surface area contributed by atoms with E-state index in [-0.39, 0.29) is 32.7 Å². The Bertz CT molecular complexity index is 708. The molecule has 0 bridgehead atoms. The number of carbonyl (C=O) groups excluding carboxylic acids is 1. The van der Waals surface area contributed by atoms with Gasteiger partial charge in [-0.15, -0.1) is 0 Å². The first kappa shape index (κ1) is 15.4. The molecule has 21 heavy (non-hydrogen) atoms. The Morgan fingerprint density at radius 2 is 2.00 bits per heavy atom. The summed E-state index contributed by atoms with van der Waals surface area (Å²) in [5.74, 6) is -1.29. The zero-order valence-corrected chi connectivity index (χ0v) is 12.4. The summed E-state index contributed by atoms with van der Waals surface area (Å²) in [6.45, 7) is 0. The number of benzene rings is 2. The fourth-order valence-corrected chi connectivity index (χ4v) is 2.21. The van der Waals surface area contributed by atoms with E-state index in [1.807, 2.05) is 0 Å². The van der Waals surface area contributed by atoms with Gasteiger partial charge in [0.1, 0.15) is 0 Å². The number of nitrogens with one attached hydrogen (secondary N) is 1. The largest absolute Gasteiger partial charge is 0.465 e. The normalized spacial score (nSPS) is 10.3. The van der Waals surface area contributed by atoms with Gasteiger partial charge in [0.15, 0.2) is 5.82 Å². The maximum atomic E-state index is 13.9. The summed E-state index contributed by atoms with van der Waals surface area (Å²) in [6.07, 6.45) is 0. The van der Waals surface area contributed by atoms with Crippen LogP contribution in [0.2, 0.25) is 10.0 Å². The van der Waals surface area contributed by atoms with Crippen molar-refractivity contribution < 1.29 is 13.9 Å². The van der Waals surface area contributed by atoms with E-state index in [2.05, 4.69) is 10.1 Å². The monoisotopic (exact) mass is 328 g/mol. The van der Waals surface area contributed by atoms with E-state index < -0.39 is 11.8 Å². The number of esters is 1. The Kier molecular flexibility index (Phi) is 4.55. The third-order valence-electron chi connectivity index (χ3n) is 2.73. The molecule has 0 aliphatic carbocycles. The first-order valence-electron chi connectivity index (χ1n) is 5.82. The highest BCUT2D eigenvalue weighted by atomic mass is 35.5. The minimum atomic E-state index is -0.650. The summed E-state index contributed by atoms with van der Waals surface area (Å²) in [5.41, 5.74) is 6.32. The molecule has 0 atom stereocenters. The molecule has 0 saturated heterocycles. The summed E-state index contributed by atoms with van der Waals surface area (Å²) in [5, 5.41) is 2.86. The molecule has 2 rings (SSSR count). The van der Waals surface area contributed by atoms with E-state index in [1.54, 1.807) is 6.07 Å². The van der Waals surface area contributed by atoms with Crippen LogP contribution < -0.4 is 11.1 Å². The summed E-state index contributed by atoms with van der Waals surface area (Å²) < 4.78 is 18.6. The highest BCUT2D eigenvalue weighted by Crippen LogP contribution is 2.34. The van der Waals surface area contributed by atoms with Gasteiger partial charge < -0.3 is 15.8 Å². The molecule has 0 aromatic heterocycles. The summed E-state index contributed by atoms with van der Waals surface area (Å²) in [7, 11) is 1.23. The van der Waals surface area contributed by atoms with Crippen molar-refractivity contribution in [1.29, 1.82) is 0 Å². The lowest BCUT2D eigenvalue weighted by Gasteiger charge is -2.14. The number of nitrogens with two attached hydrogens (primary N) is 1. The number of anilines is 3. The van der Waals surface area contributed by atoms with Crippen LogP contribution in [0.4, 0.5) is 21.5 Å². The fraction of sp³-hybridized carbons (Fsp3) is 0.0714. The summed E-state index contributed by atoms with van der Waals surface area (Å²) >= 11 is 11.8. The van der Waals surface area contributed by atoms with Gasteiger partial charge in [-0.05, 0) is 24.3 Å². The van der Waals surface area contributed by atoms with Gasteiger partial charge in [-0.3, -0.25) is 0 Å². The topological polar surface area (TPSA) is 64.3 Å². The Morgan fingerprint density at radius 3 is 2.67 bits per heavy atom. The second-order valence-electron chi connectivity index (χ2n) is 4.14. The SMILES string of the molecule is COC(=O)c1cc(N)cc(Cl)c1Nc1cccc(Cl)c1F. The van der Waals surface area contributed by atoms with Crippen LogP contribution in [0.5, 0.6) is 0 Å². The Labute approximate surface area is 130 Å². The Hall–Kier alpha value is -1.98. The van der Waals surface area contributed by atoms with Crippen molar-refractivity contribution in [3.05, 3.63) is 51.8 Å². The Morgan fingerprint density at radius 1 is 1.29 bits per heavy atom.